The number of carbonyl (C=O) groups excluding carboxylic acids is 1. The molecule has 0 amide bonds. The number of nitro groups is 3. The van der Waals surface area contributed by atoms with Crippen LogP contribution in [0, 0.1) is 30.3 Å². The van der Waals surface area contributed by atoms with Crippen molar-refractivity contribution in [2.24, 2.45) is 0 Å². The molecule has 0 aliphatic rings. The third-order valence-corrected chi connectivity index (χ3v) is 21.9. The van der Waals surface area contributed by atoms with Gasteiger partial charge in [0.25, 0.3) is 5.43 Å². The molecule has 6 aromatic carbocycles. The van der Waals surface area contributed by atoms with Crippen molar-refractivity contribution >= 4 is 326 Å². The van der Waals surface area contributed by atoms with Crippen LogP contribution in [-0.2, 0) is 4.74 Å². The minimum atomic E-state index is -2.04. The molecule has 0 radical (unpaired) electrons. The van der Waals surface area contributed by atoms with Gasteiger partial charge in [-0.2, -0.15) is 0 Å². The minimum absolute atomic E-state index is 0.117. The highest BCUT2D eigenvalue weighted by atomic mass is 127. The molecule has 0 saturated carbocycles. The Balaban J connectivity index is 0.000000164. The molecular weight excluding hydrogens is 2390 g/mol. The molecule has 0 aliphatic carbocycles. The molecule has 37 nitrogen and oxygen atoms in total. The molecule has 12 heterocycles. The number of aromatic nitrogens is 13. The van der Waals surface area contributed by atoms with E-state index >= 15 is 0 Å². The average Bonchev–Trinajstić information content (AvgIpc) is 1.60. The zero-order valence-corrected chi connectivity index (χ0v) is 86.6. The second-order valence-corrected chi connectivity index (χ2v) is 35.0. The maximum atomic E-state index is 12.5. The first-order chi connectivity index (χ1) is 65.6. The number of fused-ring (bicyclic) bond motifs is 8. The molecule has 704 valence electrons. The van der Waals surface area contributed by atoms with Crippen LogP contribution in [0.1, 0.15) is 0 Å². The Morgan fingerprint density at radius 3 is 1.18 bits per heavy atom. The van der Waals surface area contributed by atoms with Crippen molar-refractivity contribution in [3.05, 3.63) is 321 Å². The lowest BCUT2D eigenvalue weighted by molar-refractivity contribution is -0.386. The van der Waals surface area contributed by atoms with E-state index in [4.69, 9.17) is 87.3 Å². The van der Waals surface area contributed by atoms with Crippen LogP contribution in [0.25, 0.3) is 82.1 Å². The highest BCUT2D eigenvalue weighted by molar-refractivity contribution is 14.1. The lowest BCUT2D eigenvalue weighted by Gasteiger charge is -2.14. The zero-order chi connectivity index (χ0) is 99.5. The summed E-state index contributed by atoms with van der Waals surface area (Å²) >= 11 is 47.8. The van der Waals surface area contributed by atoms with E-state index in [-0.39, 0.29) is 22.1 Å². The third kappa shape index (κ3) is 28.2. The first-order valence-electron chi connectivity index (χ1n) is 38.4. The highest BCUT2D eigenvalue weighted by Gasteiger charge is 2.26. The topological polar surface area (TPSA) is 516 Å². The highest BCUT2D eigenvalue weighted by Crippen LogP contribution is 2.41. The van der Waals surface area contributed by atoms with Crippen LogP contribution in [0.5, 0.6) is 29.4 Å². The standard InChI is InChI=1S/C16H11BrN4O2.C15H11BrN4O3.2C15H13BrN4O.C9H4BrClN2O2.C9H5BrN2O3.C6H8N2O.C2Cl4O2.CH3I/c1-23-15-13(3-2-6-18-15)21-14-10-7-9(17)4-5-11(10)19-8-12(14)20-16(21)22;1-23-15-12(3-2-6-17-15)19-14-10-7-9(16)4-5-11(10)18-8-13(14)20(21)22;2*1-21-15-13(3-2-6-18-15)20-14-10-7-9(16)4-5-12(10)19-8-11(14)17;10-5-1-2-7-6(3-5)9(11)8(4-12-7)13(14)15;10-5-1-2-7-6(3-5)9(13)8(4-11-7)12(14)15;1-9-6-5(7)3-2-4-8-6;3-1(7)8-2(4,5)6;1-2/h2-8H,1H3,(H,20,22);2-8H,1H3,(H,18,19);2*2-8H,17H2,1H3,(H,19,20);1-4H;1-4H,(H,11,13);2-4H,7H2,1H3;;1H3. The summed E-state index contributed by atoms with van der Waals surface area (Å²) in [5.41, 5.74) is 26.9. The monoisotopic (exact) mass is 2450 g/mol. The molecule has 0 unspecified atom stereocenters. The second kappa shape index (κ2) is 50.3. The number of carbonyl (C=O) groups is 1. The van der Waals surface area contributed by atoms with Crippen LogP contribution in [-0.4, -0.2) is 129 Å². The van der Waals surface area contributed by atoms with Gasteiger partial charge in [-0.05, 0) is 210 Å². The van der Waals surface area contributed by atoms with Crippen molar-refractivity contribution < 1.29 is 48.0 Å². The number of aromatic amines is 2. The number of imidazole rings is 1. The summed E-state index contributed by atoms with van der Waals surface area (Å²) in [6.07, 6.45) is 16.6. The average molecular weight is 2460 g/mol. The van der Waals surface area contributed by atoms with E-state index < -0.39 is 35.3 Å². The van der Waals surface area contributed by atoms with Crippen LogP contribution in [0.4, 0.5) is 73.0 Å². The van der Waals surface area contributed by atoms with Crippen molar-refractivity contribution in [3.8, 4) is 35.1 Å². The number of pyridine rings is 11. The number of nitrogens with two attached hydrogens (primary N) is 3. The Bertz CT molecular complexity index is 7460. The molecule has 0 aliphatic heterocycles. The molecule has 0 fully saturated rings. The molecule has 11 N–H and O–H groups in total. The van der Waals surface area contributed by atoms with E-state index in [0.717, 1.165) is 89.5 Å². The minimum Gasteiger partial charge on any atom is -0.480 e. The van der Waals surface area contributed by atoms with Crippen LogP contribution in [0.2, 0.25) is 5.02 Å². The van der Waals surface area contributed by atoms with Gasteiger partial charge in [0.1, 0.15) is 45.9 Å². The molecule has 18 aromatic rings. The molecule has 18 rings (SSSR count). The van der Waals surface area contributed by atoms with Gasteiger partial charge in [-0.1, -0.05) is 130 Å². The van der Waals surface area contributed by atoms with Crippen LogP contribution >= 0.6 is 176 Å². The van der Waals surface area contributed by atoms with Gasteiger partial charge in [0.15, 0.2) is 0 Å². The van der Waals surface area contributed by atoms with Crippen LogP contribution in [0.3, 0.4) is 0 Å². The Kier molecular flexibility index (Phi) is 39.0. The summed E-state index contributed by atoms with van der Waals surface area (Å²) in [6, 6.07) is 51.1. The van der Waals surface area contributed by atoms with Gasteiger partial charge in [-0.15, -0.1) is 0 Å². The number of halogens is 12. The fraction of sp³-hybridized carbons (Fsp3) is 0.0795. The Morgan fingerprint density at radius 2 is 0.774 bits per heavy atom. The summed E-state index contributed by atoms with van der Waals surface area (Å²) in [5.74, 6) is 2.24. The number of nitrogens with zero attached hydrogens (tertiary/aromatic N) is 14. The predicted octanol–water partition coefficient (Wildman–Crippen LogP) is 24.7. The Labute approximate surface area is 864 Å². The molecule has 0 atom stereocenters. The fourth-order valence-corrected chi connectivity index (χ4v) is 15.2. The number of benzene rings is 6. The van der Waals surface area contributed by atoms with Crippen LogP contribution < -0.4 is 68.0 Å². The summed E-state index contributed by atoms with van der Waals surface area (Å²) in [5, 5.41) is 46.5. The number of rotatable bonds is 15. The number of methoxy groups -OCH3 is 5. The smallest absolute Gasteiger partial charge is 0.407 e. The number of anilines is 9. The first-order valence-corrected chi connectivity index (χ1v) is 47.2. The van der Waals surface area contributed by atoms with Gasteiger partial charge >= 0.3 is 32.2 Å². The summed E-state index contributed by atoms with van der Waals surface area (Å²) in [4.78, 5) is 114. The van der Waals surface area contributed by atoms with E-state index in [0.29, 0.717) is 106 Å². The van der Waals surface area contributed by atoms with Crippen molar-refractivity contribution in [3.63, 3.8) is 0 Å². The van der Waals surface area contributed by atoms with Gasteiger partial charge < -0.3 is 71.5 Å². The Hall–Kier alpha value is -12.9. The molecule has 49 heteroatoms. The van der Waals surface area contributed by atoms with Gasteiger partial charge in [0, 0.05) is 102 Å². The second-order valence-electron chi connectivity index (χ2n) is 26.7. The quantitative estimate of drug-likeness (QED) is 0.0155. The molecular formula is C88H68Br6Cl5IN22O15. The first kappa shape index (κ1) is 106. The van der Waals surface area contributed by atoms with E-state index in [9.17, 15) is 44.7 Å². The number of alkyl halides is 4. The summed E-state index contributed by atoms with van der Waals surface area (Å²) in [6.45, 7) is 0. The van der Waals surface area contributed by atoms with Crippen LogP contribution in [0.15, 0.2) is 274 Å². The zero-order valence-electron chi connectivity index (χ0n) is 71.2. The molecule has 0 spiro atoms. The van der Waals surface area contributed by atoms with E-state index in [2.05, 4.69) is 210 Å². The SMILES string of the molecule is CI.COc1ncccc1-n1c(=O)[nH]c2cnc3ccc(Br)cc3c21.COc1ncccc1N.COc1ncccc1Nc1c(N)cnc2ccc(Br)cc12.COc1ncccc1Nc1c(N)cnc2ccc(Br)cc12.COc1ncccc1Nc1c([N+](=O)[O-])cnc2ccc(Br)cc12.O=C(Cl)OC(Cl)(Cl)Cl.O=[N+]([O-])c1cnc2ccc(Br)cc2c1Cl.O=c1c([N+](=O)[O-])c[nH]c2ccc(Br)cc12. The molecule has 137 heavy (non-hydrogen) atoms. The largest absolute Gasteiger partial charge is 0.480 e. The van der Waals surface area contributed by atoms with E-state index in [1.54, 1.807) is 160 Å². The predicted molar refractivity (Wildman–Crippen MR) is 565 cm³/mol. The molecule has 0 saturated heterocycles. The van der Waals surface area contributed by atoms with Crippen molar-refractivity contribution in [2.75, 3.05) is 73.6 Å². The van der Waals surface area contributed by atoms with Crippen molar-refractivity contribution in [1.82, 2.24) is 64.4 Å². The number of H-pyrrole nitrogens is 2. The van der Waals surface area contributed by atoms with Crippen molar-refractivity contribution in [2.45, 2.75) is 3.98 Å². The summed E-state index contributed by atoms with van der Waals surface area (Å²) < 4.78 is 34.3. The van der Waals surface area contributed by atoms with E-state index in [1.807, 2.05) is 89.9 Å². The number of nitrogens with one attached hydrogen (secondary N) is 5. The van der Waals surface area contributed by atoms with Gasteiger partial charge in [-0.25, -0.2) is 44.5 Å². The maximum Gasteiger partial charge on any atom is 0.407 e. The van der Waals surface area contributed by atoms with Gasteiger partial charge in [-0.3, -0.25) is 54.7 Å². The number of hydrogen-bond donors (Lipinski definition) is 8. The lowest BCUT2D eigenvalue weighted by Crippen LogP contribution is -2.15. The normalized spacial score (nSPS) is 10.5. The number of nitrogen functional groups attached to an aromatic ring is 3. The lowest BCUT2D eigenvalue weighted by atomic mass is 10.1. The van der Waals surface area contributed by atoms with E-state index in [1.165, 1.54) is 26.6 Å². The Morgan fingerprint density at radius 1 is 0.423 bits per heavy atom. The third-order valence-electron chi connectivity index (χ3n) is 18.2. The van der Waals surface area contributed by atoms with Gasteiger partial charge in [0.2, 0.25) is 29.4 Å². The molecule has 0 bridgehead atoms. The molecule has 12 aromatic heterocycles. The van der Waals surface area contributed by atoms with Gasteiger partial charge in [0.05, 0.1) is 148 Å². The number of ether oxygens (including phenoxy) is 6. The fourth-order valence-electron chi connectivity index (χ4n) is 12.3. The maximum absolute atomic E-state index is 12.5. The summed E-state index contributed by atoms with van der Waals surface area (Å²) in [7, 11) is 7.72. The van der Waals surface area contributed by atoms with Crippen molar-refractivity contribution in [1.29, 1.82) is 0 Å². The number of hydrogen-bond acceptors (Lipinski definition) is 31.